The Morgan fingerprint density at radius 3 is 2.53 bits per heavy atom. The second-order valence-corrected chi connectivity index (χ2v) is 5.23. The molecule has 0 spiro atoms. The number of amides is 1. The Bertz CT molecular complexity index is 319. The smallest absolute Gasteiger partial charge is 0.308 e. The molecule has 5 heteroatoms. The highest BCUT2D eigenvalue weighted by molar-refractivity contribution is 5.80. The maximum atomic E-state index is 12.2. The van der Waals surface area contributed by atoms with Crippen LogP contribution in [0.4, 0.5) is 0 Å². The lowest BCUT2D eigenvalue weighted by Gasteiger charge is -2.32. The summed E-state index contributed by atoms with van der Waals surface area (Å²) < 4.78 is 0. The van der Waals surface area contributed by atoms with Crippen LogP contribution in [0.1, 0.15) is 32.1 Å². The van der Waals surface area contributed by atoms with Crippen LogP contribution in [-0.4, -0.2) is 41.0 Å². The molecule has 17 heavy (non-hydrogen) atoms. The van der Waals surface area contributed by atoms with Gasteiger partial charge in [-0.15, -0.1) is 0 Å². The van der Waals surface area contributed by atoms with Crippen molar-refractivity contribution in [1.82, 2.24) is 4.90 Å². The van der Waals surface area contributed by atoms with Crippen molar-refractivity contribution < 1.29 is 14.7 Å². The van der Waals surface area contributed by atoms with E-state index in [1.807, 2.05) is 0 Å². The van der Waals surface area contributed by atoms with E-state index in [0.29, 0.717) is 19.5 Å². The summed E-state index contributed by atoms with van der Waals surface area (Å²) in [6.07, 6.45) is 4.00. The highest BCUT2D eigenvalue weighted by Gasteiger charge is 2.34. The molecule has 0 bridgehead atoms. The quantitative estimate of drug-likeness (QED) is 0.733. The van der Waals surface area contributed by atoms with Crippen LogP contribution in [0.2, 0.25) is 0 Å². The van der Waals surface area contributed by atoms with Gasteiger partial charge in [0, 0.05) is 25.0 Å². The average molecular weight is 240 g/mol. The van der Waals surface area contributed by atoms with Crippen molar-refractivity contribution in [2.24, 2.45) is 17.6 Å². The number of hydrogen-bond donors (Lipinski definition) is 2. The van der Waals surface area contributed by atoms with Gasteiger partial charge in [-0.1, -0.05) is 0 Å². The van der Waals surface area contributed by atoms with Crippen molar-refractivity contribution in [3.8, 4) is 0 Å². The third kappa shape index (κ3) is 2.77. The monoisotopic (exact) mass is 240 g/mol. The van der Waals surface area contributed by atoms with Crippen molar-refractivity contribution >= 4 is 11.9 Å². The first-order valence-electron chi connectivity index (χ1n) is 6.35. The zero-order chi connectivity index (χ0) is 12.4. The summed E-state index contributed by atoms with van der Waals surface area (Å²) >= 11 is 0. The molecular formula is C12H20N2O3. The van der Waals surface area contributed by atoms with Crippen molar-refractivity contribution in [2.75, 3.05) is 13.1 Å². The van der Waals surface area contributed by atoms with Gasteiger partial charge in [-0.25, -0.2) is 0 Å². The van der Waals surface area contributed by atoms with E-state index in [4.69, 9.17) is 10.8 Å². The van der Waals surface area contributed by atoms with Gasteiger partial charge in [0.2, 0.25) is 5.91 Å². The van der Waals surface area contributed by atoms with Gasteiger partial charge >= 0.3 is 5.97 Å². The number of aliphatic carboxylic acids is 1. The SMILES string of the molecule is NC1CCC(C(=O)N2CCCC(C(=O)O)C2)C1. The third-order valence-corrected chi connectivity index (χ3v) is 3.90. The lowest BCUT2D eigenvalue weighted by molar-refractivity contribution is -0.146. The minimum absolute atomic E-state index is 0.0255. The van der Waals surface area contributed by atoms with Crippen LogP contribution < -0.4 is 5.73 Å². The van der Waals surface area contributed by atoms with Gasteiger partial charge in [0.1, 0.15) is 0 Å². The molecule has 1 amide bonds. The second kappa shape index (κ2) is 5.04. The van der Waals surface area contributed by atoms with Crippen LogP contribution in [0, 0.1) is 11.8 Å². The van der Waals surface area contributed by atoms with Crippen LogP contribution in [0.15, 0.2) is 0 Å². The van der Waals surface area contributed by atoms with E-state index in [9.17, 15) is 9.59 Å². The fourth-order valence-corrected chi connectivity index (χ4v) is 2.88. The molecular weight excluding hydrogens is 220 g/mol. The van der Waals surface area contributed by atoms with E-state index in [-0.39, 0.29) is 23.8 Å². The first-order chi connectivity index (χ1) is 8.08. The number of piperidine rings is 1. The summed E-state index contributed by atoms with van der Waals surface area (Å²) in [6.45, 7) is 1.08. The second-order valence-electron chi connectivity index (χ2n) is 5.23. The zero-order valence-electron chi connectivity index (χ0n) is 9.97. The Kier molecular flexibility index (Phi) is 3.66. The molecule has 3 N–H and O–H groups in total. The molecule has 96 valence electrons. The molecule has 2 fully saturated rings. The molecule has 0 aromatic carbocycles. The molecule has 5 nitrogen and oxygen atoms in total. The lowest BCUT2D eigenvalue weighted by atomic mass is 9.96. The van der Waals surface area contributed by atoms with E-state index >= 15 is 0 Å². The molecule has 0 radical (unpaired) electrons. The Hall–Kier alpha value is -1.10. The number of likely N-dealkylation sites (tertiary alicyclic amines) is 1. The van der Waals surface area contributed by atoms with Gasteiger partial charge in [-0.05, 0) is 32.1 Å². The highest BCUT2D eigenvalue weighted by Crippen LogP contribution is 2.28. The number of carboxylic acid groups (broad SMARTS) is 1. The minimum Gasteiger partial charge on any atom is -0.481 e. The van der Waals surface area contributed by atoms with Gasteiger partial charge in [-0.3, -0.25) is 9.59 Å². The van der Waals surface area contributed by atoms with E-state index < -0.39 is 5.97 Å². The number of carbonyl (C=O) groups excluding carboxylic acids is 1. The molecule has 1 aliphatic heterocycles. The van der Waals surface area contributed by atoms with Crippen molar-refractivity contribution in [3.63, 3.8) is 0 Å². The number of nitrogens with zero attached hydrogens (tertiary/aromatic N) is 1. The number of nitrogens with two attached hydrogens (primary N) is 1. The van der Waals surface area contributed by atoms with Crippen LogP contribution in [0.5, 0.6) is 0 Å². The van der Waals surface area contributed by atoms with Gasteiger partial charge in [0.15, 0.2) is 0 Å². The third-order valence-electron chi connectivity index (χ3n) is 3.90. The summed E-state index contributed by atoms with van der Waals surface area (Å²) in [5.41, 5.74) is 5.80. The predicted octanol–water partition coefficient (Wildman–Crippen LogP) is 0.437. The van der Waals surface area contributed by atoms with Crippen LogP contribution in [-0.2, 0) is 9.59 Å². The Balaban J connectivity index is 1.93. The predicted molar refractivity (Wildman–Crippen MR) is 62.3 cm³/mol. The van der Waals surface area contributed by atoms with E-state index in [2.05, 4.69) is 0 Å². The standard InChI is InChI=1S/C12H20N2O3/c13-10-4-3-8(6-10)11(15)14-5-1-2-9(7-14)12(16)17/h8-10H,1-7,13H2,(H,16,17). The molecule has 3 atom stereocenters. The average Bonchev–Trinajstić information content (AvgIpc) is 2.75. The summed E-state index contributed by atoms with van der Waals surface area (Å²) in [5.74, 6) is -1.03. The highest BCUT2D eigenvalue weighted by atomic mass is 16.4. The first-order valence-corrected chi connectivity index (χ1v) is 6.35. The fourth-order valence-electron chi connectivity index (χ4n) is 2.88. The minimum atomic E-state index is -0.786. The molecule has 2 aliphatic rings. The molecule has 0 aromatic heterocycles. The summed E-state index contributed by atoms with van der Waals surface area (Å²) in [5, 5.41) is 8.99. The van der Waals surface area contributed by atoms with Crippen LogP contribution in [0.3, 0.4) is 0 Å². The molecule has 2 rings (SSSR count). The van der Waals surface area contributed by atoms with Crippen molar-refractivity contribution in [3.05, 3.63) is 0 Å². The summed E-state index contributed by atoms with van der Waals surface area (Å²) in [4.78, 5) is 24.9. The maximum absolute atomic E-state index is 12.2. The molecule has 1 aliphatic carbocycles. The van der Waals surface area contributed by atoms with Gasteiger partial charge in [0.25, 0.3) is 0 Å². The summed E-state index contributed by atoms with van der Waals surface area (Å²) in [6, 6.07) is 0.143. The van der Waals surface area contributed by atoms with Gasteiger partial charge in [0.05, 0.1) is 5.92 Å². The first kappa shape index (κ1) is 12.4. The van der Waals surface area contributed by atoms with E-state index in [1.165, 1.54) is 0 Å². The van der Waals surface area contributed by atoms with Crippen molar-refractivity contribution in [1.29, 1.82) is 0 Å². The van der Waals surface area contributed by atoms with Crippen molar-refractivity contribution in [2.45, 2.75) is 38.1 Å². The Labute approximate surface area is 101 Å². The van der Waals surface area contributed by atoms with E-state index in [0.717, 1.165) is 25.7 Å². The number of hydrogen-bond acceptors (Lipinski definition) is 3. The fraction of sp³-hybridized carbons (Fsp3) is 0.833. The Morgan fingerprint density at radius 1 is 1.18 bits per heavy atom. The lowest BCUT2D eigenvalue weighted by Crippen LogP contribution is -2.44. The number of rotatable bonds is 2. The van der Waals surface area contributed by atoms with E-state index in [1.54, 1.807) is 4.90 Å². The normalized spacial score (nSPS) is 33.7. The molecule has 1 heterocycles. The zero-order valence-corrected chi connectivity index (χ0v) is 9.97. The van der Waals surface area contributed by atoms with Crippen LogP contribution in [0.25, 0.3) is 0 Å². The molecule has 1 saturated heterocycles. The topological polar surface area (TPSA) is 83.6 Å². The van der Waals surface area contributed by atoms with Crippen LogP contribution >= 0.6 is 0 Å². The van der Waals surface area contributed by atoms with Gasteiger partial charge < -0.3 is 15.7 Å². The Morgan fingerprint density at radius 2 is 1.94 bits per heavy atom. The largest absolute Gasteiger partial charge is 0.481 e. The molecule has 0 aromatic rings. The number of carboxylic acids is 1. The summed E-state index contributed by atoms with van der Waals surface area (Å²) in [7, 11) is 0. The van der Waals surface area contributed by atoms with Gasteiger partial charge in [-0.2, -0.15) is 0 Å². The number of carbonyl (C=O) groups is 2. The maximum Gasteiger partial charge on any atom is 0.308 e. The molecule has 3 unspecified atom stereocenters. The molecule has 1 saturated carbocycles.